The molecule has 0 spiro atoms. The van der Waals surface area contributed by atoms with E-state index in [-0.39, 0.29) is 11.4 Å². The van der Waals surface area contributed by atoms with Crippen LogP contribution < -0.4 is 16.0 Å². The topological polar surface area (TPSA) is 71.0 Å². The van der Waals surface area contributed by atoms with E-state index < -0.39 is 0 Å². The number of aromatic nitrogens is 2. The number of carbonyl (C=O) groups excluding carboxylic acids is 1. The van der Waals surface area contributed by atoms with Crippen LogP contribution in [0.2, 0.25) is 0 Å². The van der Waals surface area contributed by atoms with Gasteiger partial charge in [0.1, 0.15) is 5.82 Å². The largest absolute Gasteiger partial charge is 0.324 e. The van der Waals surface area contributed by atoms with Crippen molar-refractivity contribution in [3.8, 4) is 5.69 Å². The number of urea groups is 1. The summed E-state index contributed by atoms with van der Waals surface area (Å²) in [4.78, 5) is 13.0. The lowest BCUT2D eigenvalue weighted by Crippen LogP contribution is -2.21. The van der Waals surface area contributed by atoms with Crippen LogP contribution in [0.25, 0.3) is 16.5 Å². The van der Waals surface area contributed by atoms with Gasteiger partial charge in [-0.15, -0.1) is 0 Å². The van der Waals surface area contributed by atoms with Crippen molar-refractivity contribution in [3.63, 3.8) is 0 Å². The van der Waals surface area contributed by atoms with Crippen LogP contribution in [0.3, 0.4) is 0 Å². The summed E-state index contributed by atoms with van der Waals surface area (Å²) in [5, 5.41) is 16.0. The lowest BCUT2D eigenvalue weighted by Gasteiger charge is -2.14. The predicted molar refractivity (Wildman–Crippen MR) is 132 cm³/mol. The number of anilines is 2. The summed E-state index contributed by atoms with van der Waals surface area (Å²) in [5.74, 6) is 0.620. The van der Waals surface area contributed by atoms with E-state index in [9.17, 15) is 4.79 Å². The average molecular weight is 428 g/mol. The van der Waals surface area contributed by atoms with Crippen molar-refractivity contribution in [2.24, 2.45) is 0 Å². The van der Waals surface area contributed by atoms with E-state index in [0.717, 1.165) is 39.9 Å². The van der Waals surface area contributed by atoms with Crippen LogP contribution in [0.4, 0.5) is 16.3 Å². The lowest BCUT2D eigenvalue weighted by atomic mass is 9.92. The van der Waals surface area contributed by atoms with Crippen molar-refractivity contribution in [3.05, 3.63) is 84.1 Å². The Bertz CT molecular complexity index is 1250. The molecule has 0 unspecified atom stereocenters. The molecule has 0 fully saturated rings. The van der Waals surface area contributed by atoms with Crippen molar-refractivity contribution in [2.75, 3.05) is 17.7 Å². The first-order valence-corrected chi connectivity index (χ1v) is 10.8. The highest BCUT2D eigenvalue weighted by Gasteiger charge is 2.22. The summed E-state index contributed by atoms with van der Waals surface area (Å²) < 4.78 is 1.79. The summed E-state index contributed by atoms with van der Waals surface area (Å²) in [6.45, 7) is 7.08. The molecule has 0 aliphatic carbocycles. The molecule has 0 saturated heterocycles. The molecule has 0 atom stereocenters. The van der Waals surface area contributed by atoms with E-state index in [1.165, 1.54) is 0 Å². The zero-order valence-corrected chi connectivity index (χ0v) is 18.9. The molecule has 6 nitrogen and oxygen atoms in total. The molecule has 0 radical (unpaired) electrons. The number of nitrogens with zero attached hydrogens (tertiary/aromatic N) is 2. The van der Waals surface area contributed by atoms with E-state index in [1.54, 1.807) is 4.68 Å². The number of benzene rings is 3. The molecular formula is C26H29N5O. The molecule has 1 heterocycles. The Morgan fingerprint density at radius 2 is 1.69 bits per heavy atom. The van der Waals surface area contributed by atoms with Gasteiger partial charge in [0.15, 0.2) is 0 Å². The van der Waals surface area contributed by atoms with Crippen LogP contribution in [-0.2, 0) is 12.0 Å². The normalized spacial score (nSPS) is 11.5. The highest BCUT2D eigenvalue weighted by atomic mass is 16.2. The van der Waals surface area contributed by atoms with Gasteiger partial charge in [-0.05, 0) is 36.2 Å². The Hall–Kier alpha value is -3.64. The molecule has 3 N–H and O–H groups in total. The quantitative estimate of drug-likeness (QED) is 0.383. The van der Waals surface area contributed by atoms with E-state index in [0.29, 0.717) is 5.82 Å². The second-order valence-corrected chi connectivity index (χ2v) is 8.88. The maximum Gasteiger partial charge on any atom is 0.324 e. The second kappa shape index (κ2) is 8.85. The minimum absolute atomic E-state index is 0.156. The van der Waals surface area contributed by atoms with E-state index in [1.807, 2.05) is 67.7 Å². The number of hydrogen-bond acceptors (Lipinski definition) is 3. The number of amides is 2. The molecule has 1 aromatic heterocycles. The minimum Gasteiger partial charge on any atom is -0.316 e. The monoisotopic (exact) mass is 427 g/mol. The van der Waals surface area contributed by atoms with E-state index >= 15 is 0 Å². The summed E-state index contributed by atoms with van der Waals surface area (Å²) in [6, 6.07) is 23.6. The Morgan fingerprint density at radius 1 is 0.938 bits per heavy atom. The first kappa shape index (κ1) is 21.6. The summed E-state index contributed by atoms with van der Waals surface area (Å²) in [6.07, 6.45) is 0. The summed E-state index contributed by atoms with van der Waals surface area (Å²) in [5.41, 5.74) is 3.55. The van der Waals surface area contributed by atoms with Crippen molar-refractivity contribution < 1.29 is 4.79 Å². The number of carbonyl (C=O) groups is 1. The van der Waals surface area contributed by atoms with Gasteiger partial charge in [-0.1, -0.05) is 69.3 Å². The van der Waals surface area contributed by atoms with Gasteiger partial charge in [0.25, 0.3) is 0 Å². The van der Waals surface area contributed by atoms with Gasteiger partial charge in [0.2, 0.25) is 0 Å². The van der Waals surface area contributed by atoms with Gasteiger partial charge in [-0.25, -0.2) is 9.48 Å². The van der Waals surface area contributed by atoms with Crippen LogP contribution in [0, 0.1) is 0 Å². The molecule has 0 bridgehead atoms. The van der Waals surface area contributed by atoms with Crippen LogP contribution in [0.1, 0.15) is 32.0 Å². The van der Waals surface area contributed by atoms with Gasteiger partial charge >= 0.3 is 6.03 Å². The Kier molecular flexibility index (Phi) is 5.97. The molecule has 0 aliphatic heterocycles. The number of rotatable bonds is 5. The number of nitrogens with one attached hydrogen (secondary N) is 3. The third-order valence-corrected chi connectivity index (χ3v) is 5.29. The van der Waals surface area contributed by atoms with Crippen LogP contribution in [0.15, 0.2) is 72.8 Å². The number of hydrogen-bond donors (Lipinski definition) is 3. The second-order valence-electron chi connectivity index (χ2n) is 8.88. The van der Waals surface area contributed by atoms with Crippen molar-refractivity contribution >= 4 is 28.3 Å². The molecule has 32 heavy (non-hydrogen) atoms. The SMILES string of the molecule is CNCc1cccc(-n2nc(C(C)(C)C)cc2NC(=O)Nc2cccc3ccccc23)c1. The smallest absolute Gasteiger partial charge is 0.316 e. The highest BCUT2D eigenvalue weighted by molar-refractivity contribution is 6.06. The third kappa shape index (κ3) is 4.65. The van der Waals surface area contributed by atoms with Crippen molar-refractivity contribution in [1.29, 1.82) is 0 Å². The van der Waals surface area contributed by atoms with Crippen molar-refractivity contribution in [2.45, 2.75) is 32.7 Å². The average Bonchev–Trinajstić information content (AvgIpc) is 3.19. The van der Waals surface area contributed by atoms with Gasteiger partial charge in [-0.2, -0.15) is 5.10 Å². The zero-order valence-electron chi connectivity index (χ0n) is 18.9. The molecule has 0 aliphatic rings. The predicted octanol–water partition coefficient (Wildman–Crippen LogP) is 5.69. The minimum atomic E-state index is -0.311. The molecular weight excluding hydrogens is 398 g/mol. The third-order valence-electron chi connectivity index (χ3n) is 5.29. The maximum absolute atomic E-state index is 13.0. The first-order valence-electron chi connectivity index (χ1n) is 10.8. The fourth-order valence-corrected chi connectivity index (χ4v) is 3.64. The number of fused-ring (bicyclic) bond motifs is 1. The Morgan fingerprint density at radius 3 is 2.47 bits per heavy atom. The first-order chi connectivity index (χ1) is 15.3. The molecule has 6 heteroatoms. The van der Waals surface area contributed by atoms with Crippen LogP contribution in [-0.4, -0.2) is 22.9 Å². The molecule has 164 valence electrons. The maximum atomic E-state index is 13.0. The van der Waals surface area contributed by atoms with Crippen molar-refractivity contribution in [1.82, 2.24) is 15.1 Å². The Labute approximate surface area is 188 Å². The lowest BCUT2D eigenvalue weighted by molar-refractivity contribution is 0.262. The van der Waals surface area contributed by atoms with Gasteiger partial charge in [0.05, 0.1) is 17.1 Å². The molecule has 0 saturated carbocycles. The summed E-state index contributed by atoms with van der Waals surface area (Å²) >= 11 is 0. The van der Waals surface area contributed by atoms with E-state index in [2.05, 4.69) is 48.9 Å². The van der Waals surface area contributed by atoms with Gasteiger partial charge in [0, 0.05) is 23.4 Å². The molecule has 4 aromatic rings. The fraction of sp³-hybridized carbons (Fsp3) is 0.231. The molecule has 2 amide bonds. The van der Waals surface area contributed by atoms with Crippen LogP contribution >= 0.6 is 0 Å². The van der Waals surface area contributed by atoms with E-state index in [4.69, 9.17) is 5.10 Å². The molecule has 3 aromatic carbocycles. The van der Waals surface area contributed by atoms with Crippen LogP contribution in [0.5, 0.6) is 0 Å². The zero-order chi connectivity index (χ0) is 22.7. The molecule has 4 rings (SSSR count). The van der Waals surface area contributed by atoms with Gasteiger partial charge < -0.3 is 10.6 Å². The standard InChI is InChI=1S/C26H29N5O/c1-26(2,3)23-16-24(31(30-23)20-12-7-9-18(15-20)17-27-4)29-25(32)28-22-14-8-11-19-10-5-6-13-21(19)22/h5-16,27H,17H2,1-4H3,(H2,28,29,32). The summed E-state index contributed by atoms with van der Waals surface area (Å²) in [7, 11) is 1.92. The highest BCUT2D eigenvalue weighted by Crippen LogP contribution is 2.27. The Balaban J connectivity index is 1.66. The van der Waals surface area contributed by atoms with Gasteiger partial charge in [-0.3, -0.25) is 5.32 Å². The fourth-order valence-electron chi connectivity index (χ4n) is 3.64.